The van der Waals surface area contributed by atoms with Gasteiger partial charge in [0, 0.05) is 13.0 Å². The molecule has 2 aliphatic heterocycles. The van der Waals surface area contributed by atoms with E-state index in [1.165, 1.54) is 32.4 Å². The third-order valence-corrected chi connectivity index (χ3v) is 5.62. The molecule has 0 unspecified atom stereocenters. The van der Waals surface area contributed by atoms with Gasteiger partial charge in [0.25, 0.3) is 0 Å². The Labute approximate surface area is 183 Å². The maximum absolute atomic E-state index is 5.49. The molecule has 5 nitrogen and oxygen atoms in total. The summed E-state index contributed by atoms with van der Waals surface area (Å²) < 4.78 is 10.9. The van der Waals surface area contributed by atoms with E-state index >= 15 is 0 Å². The Balaban J connectivity index is 0.00000218. The minimum Gasteiger partial charge on any atom is -0.454 e. The minimum atomic E-state index is 0. The lowest BCUT2D eigenvalue weighted by Gasteiger charge is -2.26. The summed E-state index contributed by atoms with van der Waals surface area (Å²) in [5, 5.41) is 0. The fraction of sp³-hybridized carbons (Fsp3) is 0.333. The van der Waals surface area contributed by atoms with Crippen LogP contribution < -0.4 is 9.47 Å². The average molecular weight is 424 g/mol. The van der Waals surface area contributed by atoms with E-state index < -0.39 is 0 Å². The standard InChI is InChI=1S/C24H25N3O2.ClH/c1-4-13-27(14-5-1)15-12-22-21(25-19-6-2-3-7-20(19)26-22)10-8-18-9-11-23-24(16-18)29-17-28-23;/h2-3,6-11,16H,1,4-5,12-15,17H2;1H/b10-8-;. The summed E-state index contributed by atoms with van der Waals surface area (Å²) in [7, 11) is 0. The summed E-state index contributed by atoms with van der Waals surface area (Å²) in [4.78, 5) is 12.4. The number of hydrogen-bond donors (Lipinski definition) is 0. The van der Waals surface area contributed by atoms with Crippen LogP contribution in [0.25, 0.3) is 23.2 Å². The molecular formula is C24H26ClN3O2. The molecule has 0 spiro atoms. The third kappa shape index (κ3) is 4.58. The molecule has 0 aliphatic carbocycles. The van der Waals surface area contributed by atoms with Crippen LogP contribution >= 0.6 is 12.4 Å². The van der Waals surface area contributed by atoms with E-state index in [1.807, 2.05) is 42.5 Å². The van der Waals surface area contributed by atoms with Gasteiger partial charge in [-0.2, -0.15) is 0 Å². The van der Waals surface area contributed by atoms with Gasteiger partial charge in [0.15, 0.2) is 11.5 Å². The number of piperidine rings is 1. The van der Waals surface area contributed by atoms with E-state index in [2.05, 4.69) is 17.1 Å². The van der Waals surface area contributed by atoms with Crippen LogP contribution in [-0.2, 0) is 6.42 Å². The summed E-state index contributed by atoms with van der Waals surface area (Å²) in [6.07, 6.45) is 9.03. The van der Waals surface area contributed by atoms with E-state index in [-0.39, 0.29) is 12.4 Å². The molecule has 156 valence electrons. The molecule has 2 aliphatic rings. The zero-order valence-electron chi connectivity index (χ0n) is 16.9. The quantitative estimate of drug-likeness (QED) is 0.579. The number of nitrogens with zero attached hydrogens (tertiary/aromatic N) is 3. The van der Waals surface area contributed by atoms with Gasteiger partial charge in [-0.05, 0) is 61.8 Å². The zero-order valence-corrected chi connectivity index (χ0v) is 17.7. The first-order valence-corrected chi connectivity index (χ1v) is 10.4. The molecule has 0 amide bonds. The van der Waals surface area contributed by atoms with Gasteiger partial charge in [0.2, 0.25) is 6.79 Å². The highest BCUT2D eigenvalue weighted by atomic mass is 35.5. The number of hydrogen-bond acceptors (Lipinski definition) is 5. The van der Waals surface area contributed by atoms with Gasteiger partial charge in [0.05, 0.1) is 22.4 Å². The number of likely N-dealkylation sites (tertiary alicyclic amines) is 1. The Morgan fingerprint density at radius 3 is 2.47 bits per heavy atom. The summed E-state index contributed by atoms with van der Waals surface area (Å²) in [6.45, 7) is 3.73. The number of benzene rings is 2. The monoisotopic (exact) mass is 423 g/mol. The minimum absolute atomic E-state index is 0. The molecule has 1 saturated heterocycles. The number of ether oxygens (including phenoxy) is 2. The van der Waals surface area contributed by atoms with Gasteiger partial charge in [-0.25, -0.2) is 9.97 Å². The van der Waals surface area contributed by atoms with Crippen LogP contribution in [0.2, 0.25) is 0 Å². The highest BCUT2D eigenvalue weighted by molar-refractivity contribution is 5.85. The first-order chi connectivity index (χ1) is 14.3. The fourth-order valence-electron chi connectivity index (χ4n) is 4.01. The van der Waals surface area contributed by atoms with Crippen molar-refractivity contribution in [1.29, 1.82) is 0 Å². The van der Waals surface area contributed by atoms with Crippen molar-refractivity contribution in [1.82, 2.24) is 14.9 Å². The van der Waals surface area contributed by atoms with Crippen molar-refractivity contribution in [3.8, 4) is 11.5 Å². The van der Waals surface area contributed by atoms with Gasteiger partial charge < -0.3 is 14.4 Å². The Bertz CT molecular complexity index is 1050. The third-order valence-electron chi connectivity index (χ3n) is 5.62. The van der Waals surface area contributed by atoms with Crippen molar-refractivity contribution < 1.29 is 9.47 Å². The highest BCUT2D eigenvalue weighted by Crippen LogP contribution is 2.33. The summed E-state index contributed by atoms with van der Waals surface area (Å²) >= 11 is 0. The molecule has 0 bridgehead atoms. The van der Waals surface area contributed by atoms with Crippen LogP contribution in [-0.4, -0.2) is 41.3 Å². The molecule has 1 aromatic heterocycles. The Hall–Kier alpha value is -2.63. The van der Waals surface area contributed by atoms with E-state index in [1.54, 1.807) is 0 Å². The molecule has 30 heavy (non-hydrogen) atoms. The second-order valence-corrected chi connectivity index (χ2v) is 7.64. The van der Waals surface area contributed by atoms with Crippen LogP contribution in [0.15, 0.2) is 42.5 Å². The first kappa shape index (κ1) is 20.6. The summed E-state index contributed by atoms with van der Waals surface area (Å²) in [5.41, 5.74) is 4.96. The predicted octanol–water partition coefficient (Wildman–Crippen LogP) is 4.98. The van der Waals surface area contributed by atoms with Crippen LogP contribution in [0.1, 0.15) is 36.2 Å². The van der Waals surface area contributed by atoms with Crippen LogP contribution in [0, 0.1) is 0 Å². The molecule has 3 aromatic rings. The lowest BCUT2D eigenvalue weighted by Crippen LogP contribution is -2.31. The molecule has 1 fully saturated rings. The maximum Gasteiger partial charge on any atom is 0.231 e. The zero-order chi connectivity index (χ0) is 19.5. The van der Waals surface area contributed by atoms with Gasteiger partial charge >= 0.3 is 0 Å². The maximum atomic E-state index is 5.49. The number of aromatic nitrogens is 2. The molecule has 2 aromatic carbocycles. The molecule has 5 rings (SSSR count). The van der Waals surface area contributed by atoms with Crippen molar-refractivity contribution in [2.24, 2.45) is 0 Å². The highest BCUT2D eigenvalue weighted by Gasteiger charge is 2.14. The Kier molecular flexibility index (Phi) is 6.50. The number of fused-ring (bicyclic) bond motifs is 2. The van der Waals surface area contributed by atoms with Crippen molar-refractivity contribution in [3.05, 3.63) is 59.4 Å². The summed E-state index contributed by atoms with van der Waals surface area (Å²) in [6, 6.07) is 14.1. The lowest BCUT2D eigenvalue weighted by molar-refractivity contribution is 0.174. The SMILES string of the molecule is C(=C/c1nc2ccccc2nc1CCN1CCCCC1)/c1ccc2c(c1)OCO2.Cl. The topological polar surface area (TPSA) is 47.5 Å². The average Bonchev–Trinajstić information content (AvgIpc) is 3.24. The number of rotatable bonds is 5. The van der Waals surface area contributed by atoms with E-state index in [4.69, 9.17) is 19.4 Å². The van der Waals surface area contributed by atoms with Gasteiger partial charge in [-0.3, -0.25) is 0 Å². The van der Waals surface area contributed by atoms with Crippen molar-refractivity contribution in [2.75, 3.05) is 26.4 Å². The fourth-order valence-corrected chi connectivity index (χ4v) is 4.01. The van der Waals surface area contributed by atoms with Crippen LogP contribution in [0.3, 0.4) is 0 Å². The molecule has 0 saturated carbocycles. The van der Waals surface area contributed by atoms with Crippen LogP contribution in [0.5, 0.6) is 11.5 Å². The molecule has 3 heterocycles. The molecular weight excluding hydrogens is 398 g/mol. The lowest BCUT2D eigenvalue weighted by atomic mass is 10.1. The van der Waals surface area contributed by atoms with Gasteiger partial charge in [0.1, 0.15) is 0 Å². The second kappa shape index (κ2) is 9.45. The molecule has 0 N–H and O–H groups in total. The molecule has 0 radical (unpaired) electrons. The van der Waals surface area contributed by atoms with Crippen molar-refractivity contribution in [3.63, 3.8) is 0 Å². The van der Waals surface area contributed by atoms with Crippen LogP contribution in [0.4, 0.5) is 0 Å². The Morgan fingerprint density at radius 1 is 0.867 bits per heavy atom. The van der Waals surface area contributed by atoms with Crippen molar-refractivity contribution in [2.45, 2.75) is 25.7 Å². The van der Waals surface area contributed by atoms with Gasteiger partial charge in [-0.15, -0.1) is 12.4 Å². The van der Waals surface area contributed by atoms with E-state index in [0.717, 1.165) is 52.4 Å². The van der Waals surface area contributed by atoms with Gasteiger partial charge in [-0.1, -0.05) is 30.7 Å². The Morgan fingerprint density at radius 2 is 1.63 bits per heavy atom. The van der Waals surface area contributed by atoms with E-state index in [0.29, 0.717) is 6.79 Å². The largest absolute Gasteiger partial charge is 0.454 e. The smallest absolute Gasteiger partial charge is 0.231 e. The second-order valence-electron chi connectivity index (χ2n) is 7.64. The van der Waals surface area contributed by atoms with E-state index in [9.17, 15) is 0 Å². The number of para-hydroxylation sites is 2. The summed E-state index contributed by atoms with van der Waals surface area (Å²) in [5.74, 6) is 1.59. The first-order valence-electron chi connectivity index (χ1n) is 10.4. The predicted molar refractivity (Wildman–Crippen MR) is 122 cm³/mol. The van der Waals surface area contributed by atoms with Crippen molar-refractivity contribution >= 4 is 35.6 Å². The molecule has 0 atom stereocenters. The molecule has 6 heteroatoms. The number of halogens is 1. The normalized spacial score (nSPS) is 16.1.